The van der Waals surface area contributed by atoms with Crippen LogP contribution in [0.5, 0.6) is 0 Å². The van der Waals surface area contributed by atoms with Gasteiger partial charge in [-0.1, -0.05) is 18.2 Å². The van der Waals surface area contributed by atoms with Crippen LogP contribution >= 0.6 is 0 Å². The molecule has 1 aromatic rings. The fourth-order valence-corrected chi connectivity index (χ4v) is 2.46. The quantitative estimate of drug-likeness (QED) is 0.789. The zero-order valence-electron chi connectivity index (χ0n) is 12.1. The minimum Gasteiger partial charge on any atom is -0.480 e. The lowest BCUT2D eigenvalue weighted by Crippen LogP contribution is -2.50. The first-order chi connectivity index (χ1) is 10.1. The number of amides is 2. The zero-order valence-corrected chi connectivity index (χ0v) is 12.1. The third kappa shape index (κ3) is 4.46. The number of urea groups is 1. The van der Waals surface area contributed by atoms with Crippen LogP contribution in [0.2, 0.25) is 0 Å². The van der Waals surface area contributed by atoms with Crippen molar-refractivity contribution in [1.29, 1.82) is 0 Å². The number of aliphatic carboxylic acids is 1. The van der Waals surface area contributed by atoms with Crippen LogP contribution in [0.4, 0.5) is 10.5 Å². The van der Waals surface area contributed by atoms with Gasteiger partial charge >= 0.3 is 12.0 Å². The van der Waals surface area contributed by atoms with E-state index in [0.717, 1.165) is 18.5 Å². The second-order valence-corrected chi connectivity index (χ2v) is 5.29. The molecular weight excluding hydrogens is 270 g/mol. The largest absolute Gasteiger partial charge is 0.480 e. The molecule has 0 aliphatic carbocycles. The number of nitrogens with zero attached hydrogens (tertiary/aromatic N) is 1. The highest BCUT2D eigenvalue weighted by Crippen LogP contribution is 2.14. The standard InChI is InChI=1S/C15H21N3O3/c1-11(14(19)20)18-9-7-13(8-10-18)17-15(21)16-12-5-3-2-4-6-12/h2-6,11,13H,7-10H2,1H3,(H,19,20)(H2,16,17,21). The Morgan fingerprint density at radius 3 is 2.43 bits per heavy atom. The number of carbonyl (C=O) groups excluding carboxylic acids is 1. The normalized spacial score (nSPS) is 18.0. The van der Waals surface area contributed by atoms with Gasteiger partial charge in [0.1, 0.15) is 6.04 Å². The van der Waals surface area contributed by atoms with Gasteiger partial charge < -0.3 is 15.7 Å². The molecule has 3 N–H and O–H groups in total. The van der Waals surface area contributed by atoms with Crippen LogP contribution in [0.1, 0.15) is 19.8 Å². The lowest BCUT2D eigenvalue weighted by atomic mass is 10.0. The van der Waals surface area contributed by atoms with Crippen LogP contribution in [-0.2, 0) is 4.79 Å². The molecule has 114 valence electrons. The van der Waals surface area contributed by atoms with Crippen LogP contribution < -0.4 is 10.6 Å². The van der Waals surface area contributed by atoms with Crippen LogP contribution in [0.3, 0.4) is 0 Å². The number of likely N-dealkylation sites (tertiary alicyclic amines) is 1. The van der Waals surface area contributed by atoms with E-state index < -0.39 is 12.0 Å². The molecule has 1 heterocycles. The summed E-state index contributed by atoms with van der Waals surface area (Å²) in [7, 11) is 0. The van der Waals surface area contributed by atoms with Gasteiger partial charge in [0.25, 0.3) is 0 Å². The molecule has 2 rings (SSSR count). The van der Waals surface area contributed by atoms with E-state index in [1.165, 1.54) is 0 Å². The summed E-state index contributed by atoms with van der Waals surface area (Å²) >= 11 is 0. The molecule has 1 atom stereocenters. The molecule has 0 aromatic heterocycles. The van der Waals surface area contributed by atoms with Crippen molar-refractivity contribution >= 4 is 17.7 Å². The highest BCUT2D eigenvalue weighted by molar-refractivity contribution is 5.89. The Morgan fingerprint density at radius 2 is 1.86 bits per heavy atom. The third-order valence-electron chi connectivity index (χ3n) is 3.80. The molecule has 6 heteroatoms. The van der Waals surface area contributed by atoms with E-state index in [-0.39, 0.29) is 12.1 Å². The molecular formula is C15H21N3O3. The fraction of sp³-hybridized carbons (Fsp3) is 0.467. The molecule has 0 spiro atoms. The first-order valence-corrected chi connectivity index (χ1v) is 7.15. The maximum atomic E-state index is 11.9. The van der Waals surface area contributed by atoms with Crippen molar-refractivity contribution in [1.82, 2.24) is 10.2 Å². The number of carboxylic acids is 1. The summed E-state index contributed by atoms with van der Waals surface area (Å²) in [5.41, 5.74) is 0.756. The van der Waals surface area contributed by atoms with E-state index in [0.29, 0.717) is 13.1 Å². The van der Waals surface area contributed by atoms with Gasteiger partial charge in [0.2, 0.25) is 0 Å². The van der Waals surface area contributed by atoms with E-state index in [4.69, 9.17) is 5.11 Å². The third-order valence-corrected chi connectivity index (χ3v) is 3.80. The molecule has 2 amide bonds. The fourth-order valence-electron chi connectivity index (χ4n) is 2.46. The number of hydrogen-bond acceptors (Lipinski definition) is 3. The van der Waals surface area contributed by atoms with Crippen molar-refractivity contribution in [3.63, 3.8) is 0 Å². The molecule has 1 aromatic carbocycles. The number of rotatable bonds is 4. The Hall–Kier alpha value is -2.08. The van der Waals surface area contributed by atoms with Gasteiger partial charge in [0.15, 0.2) is 0 Å². The highest BCUT2D eigenvalue weighted by Gasteiger charge is 2.26. The number of anilines is 1. The van der Waals surface area contributed by atoms with Crippen molar-refractivity contribution in [3.05, 3.63) is 30.3 Å². The molecule has 1 unspecified atom stereocenters. The smallest absolute Gasteiger partial charge is 0.320 e. The Balaban J connectivity index is 1.76. The number of para-hydroxylation sites is 1. The minimum atomic E-state index is -0.803. The summed E-state index contributed by atoms with van der Waals surface area (Å²) in [6.45, 7) is 3.06. The second kappa shape index (κ2) is 7.08. The van der Waals surface area contributed by atoms with Crippen molar-refractivity contribution < 1.29 is 14.7 Å². The molecule has 6 nitrogen and oxygen atoms in total. The summed E-state index contributed by atoms with van der Waals surface area (Å²) in [6, 6.07) is 8.68. The van der Waals surface area contributed by atoms with Crippen LogP contribution in [-0.4, -0.2) is 47.2 Å². The van der Waals surface area contributed by atoms with E-state index in [2.05, 4.69) is 10.6 Å². The molecule has 0 bridgehead atoms. The molecule has 1 saturated heterocycles. The van der Waals surface area contributed by atoms with Crippen molar-refractivity contribution in [2.75, 3.05) is 18.4 Å². The Labute approximate surface area is 124 Å². The number of benzene rings is 1. The average molecular weight is 291 g/mol. The molecule has 21 heavy (non-hydrogen) atoms. The zero-order chi connectivity index (χ0) is 15.2. The van der Waals surface area contributed by atoms with Gasteiger partial charge in [-0.15, -0.1) is 0 Å². The van der Waals surface area contributed by atoms with E-state index in [1.54, 1.807) is 6.92 Å². The lowest BCUT2D eigenvalue weighted by molar-refractivity contribution is -0.143. The van der Waals surface area contributed by atoms with E-state index >= 15 is 0 Å². The number of carbonyl (C=O) groups is 2. The second-order valence-electron chi connectivity index (χ2n) is 5.29. The Morgan fingerprint density at radius 1 is 1.24 bits per heavy atom. The summed E-state index contributed by atoms with van der Waals surface area (Å²) in [5.74, 6) is -0.803. The molecule has 0 saturated carbocycles. The monoisotopic (exact) mass is 291 g/mol. The van der Waals surface area contributed by atoms with Gasteiger partial charge in [-0.2, -0.15) is 0 Å². The molecule has 1 fully saturated rings. The first kappa shape index (κ1) is 15.3. The van der Waals surface area contributed by atoms with Crippen molar-refractivity contribution in [2.24, 2.45) is 0 Å². The van der Waals surface area contributed by atoms with Gasteiger partial charge in [-0.25, -0.2) is 4.79 Å². The maximum absolute atomic E-state index is 11.9. The SMILES string of the molecule is CC(C(=O)O)N1CCC(NC(=O)Nc2ccccc2)CC1. The number of hydrogen-bond donors (Lipinski definition) is 3. The predicted molar refractivity (Wildman–Crippen MR) is 80.3 cm³/mol. The Bertz CT molecular complexity index is 484. The van der Waals surface area contributed by atoms with E-state index in [1.807, 2.05) is 35.2 Å². The summed E-state index contributed by atoms with van der Waals surface area (Å²) in [4.78, 5) is 24.7. The van der Waals surface area contributed by atoms with Crippen LogP contribution in [0.25, 0.3) is 0 Å². The highest BCUT2D eigenvalue weighted by atomic mass is 16.4. The van der Waals surface area contributed by atoms with Crippen LogP contribution in [0, 0.1) is 0 Å². The lowest BCUT2D eigenvalue weighted by Gasteiger charge is -2.34. The summed E-state index contributed by atoms with van der Waals surface area (Å²) in [5, 5.41) is 14.7. The average Bonchev–Trinajstić information content (AvgIpc) is 2.48. The number of carboxylic acid groups (broad SMARTS) is 1. The molecule has 1 aliphatic heterocycles. The maximum Gasteiger partial charge on any atom is 0.320 e. The molecule has 1 aliphatic rings. The number of nitrogens with one attached hydrogen (secondary N) is 2. The summed E-state index contributed by atoms with van der Waals surface area (Å²) in [6.07, 6.45) is 1.53. The first-order valence-electron chi connectivity index (χ1n) is 7.15. The van der Waals surface area contributed by atoms with Crippen molar-refractivity contribution in [3.8, 4) is 0 Å². The molecule has 0 radical (unpaired) electrons. The van der Waals surface area contributed by atoms with Crippen LogP contribution in [0.15, 0.2) is 30.3 Å². The van der Waals surface area contributed by atoms with Gasteiger partial charge in [-0.05, 0) is 31.9 Å². The topological polar surface area (TPSA) is 81.7 Å². The van der Waals surface area contributed by atoms with Gasteiger partial charge in [-0.3, -0.25) is 9.69 Å². The van der Waals surface area contributed by atoms with Gasteiger partial charge in [0.05, 0.1) is 0 Å². The number of piperidine rings is 1. The predicted octanol–water partition coefficient (Wildman–Crippen LogP) is 1.75. The van der Waals surface area contributed by atoms with Crippen molar-refractivity contribution in [2.45, 2.75) is 31.8 Å². The van der Waals surface area contributed by atoms with Gasteiger partial charge in [0, 0.05) is 24.8 Å². The minimum absolute atomic E-state index is 0.0888. The van der Waals surface area contributed by atoms with E-state index in [9.17, 15) is 9.59 Å². The Kier molecular flexibility index (Phi) is 5.16. The summed E-state index contributed by atoms with van der Waals surface area (Å²) < 4.78 is 0.